The van der Waals surface area contributed by atoms with Crippen LogP contribution in [0.3, 0.4) is 0 Å². The largest absolute Gasteiger partial charge is 0.216 e. The summed E-state index contributed by atoms with van der Waals surface area (Å²) >= 11 is 3.26. The van der Waals surface area contributed by atoms with E-state index in [9.17, 15) is 8.42 Å². The first-order chi connectivity index (χ1) is 6.07. The Morgan fingerprint density at radius 2 is 2.23 bits per heavy atom. The predicted molar refractivity (Wildman–Crippen MR) is 52.4 cm³/mol. The summed E-state index contributed by atoms with van der Waals surface area (Å²) in [6.45, 7) is 0.376. The number of sulfonamides is 1. The molecule has 0 unspecified atom stereocenters. The van der Waals surface area contributed by atoms with E-state index in [4.69, 9.17) is 0 Å². The third kappa shape index (κ3) is 1.92. The maximum atomic E-state index is 11.2. The van der Waals surface area contributed by atoms with Crippen molar-refractivity contribution in [3.05, 3.63) is 33.8 Å². The molecule has 1 aliphatic rings. The zero-order chi connectivity index (χ0) is 9.47. The summed E-state index contributed by atoms with van der Waals surface area (Å²) in [5, 5.41) is 0. The highest BCUT2D eigenvalue weighted by Gasteiger charge is 2.19. The van der Waals surface area contributed by atoms with E-state index in [0.29, 0.717) is 6.54 Å². The lowest BCUT2D eigenvalue weighted by Crippen LogP contribution is -2.30. The van der Waals surface area contributed by atoms with Crippen LogP contribution in [0.15, 0.2) is 16.6 Å². The maximum absolute atomic E-state index is 11.2. The van der Waals surface area contributed by atoms with E-state index in [2.05, 4.69) is 26.7 Å². The molecule has 0 saturated carbocycles. The first-order valence-electron chi connectivity index (χ1n) is 3.73. The Balaban J connectivity index is 2.50. The van der Waals surface area contributed by atoms with E-state index in [1.807, 2.05) is 0 Å². The predicted octanol–water partition coefficient (Wildman–Crippen LogP) is 1.18. The fourth-order valence-corrected chi connectivity index (χ4v) is 2.82. The molecule has 1 heterocycles. The van der Waals surface area contributed by atoms with Crippen molar-refractivity contribution in [3.63, 3.8) is 0 Å². The molecule has 1 aliphatic heterocycles. The third-order valence-corrected chi connectivity index (χ3v) is 3.66. The zero-order valence-corrected chi connectivity index (χ0v) is 9.07. The highest BCUT2D eigenvalue weighted by molar-refractivity contribution is 9.10. The minimum atomic E-state index is -3.10. The van der Waals surface area contributed by atoms with Gasteiger partial charge in [-0.2, -0.15) is 0 Å². The van der Waals surface area contributed by atoms with Crippen LogP contribution in [0.2, 0.25) is 0 Å². The molecule has 0 saturated heterocycles. The lowest BCUT2D eigenvalue weighted by Gasteiger charge is -2.16. The Morgan fingerprint density at radius 3 is 3.00 bits per heavy atom. The van der Waals surface area contributed by atoms with Crippen LogP contribution in [0, 0.1) is 6.07 Å². The van der Waals surface area contributed by atoms with Crippen molar-refractivity contribution >= 4 is 26.0 Å². The number of hydrogen-bond donors (Lipinski definition) is 1. The second-order valence-electron chi connectivity index (χ2n) is 2.91. The van der Waals surface area contributed by atoms with Crippen LogP contribution in [-0.4, -0.2) is 8.42 Å². The van der Waals surface area contributed by atoms with Crippen LogP contribution in [0.5, 0.6) is 0 Å². The Labute approximate surface area is 85.3 Å². The summed E-state index contributed by atoms with van der Waals surface area (Å²) in [4.78, 5) is 0. The molecular weight excluding hydrogens is 254 g/mol. The molecule has 1 radical (unpaired) electrons. The smallest absolute Gasteiger partial charge is 0.212 e. The van der Waals surface area contributed by atoms with Crippen molar-refractivity contribution in [1.82, 2.24) is 4.72 Å². The number of halogens is 1. The van der Waals surface area contributed by atoms with Gasteiger partial charge in [-0.25, -0.2) is 13.1 Å². The van der Waals surface area contributed by atoms with Gasteiger partial charge in [0.1, 0.15) is 0 Å². The lowest BCUT2D eigenvalue weighted by atomic mass is 10.1. The average molecular weight is 261 g/mol. The van der Waals surface area contributed by atoms with E-state index in [-0.39, 0.29) is 5.75 Å². The topological polar surface area (TPSA) is 46.2 Å². The molecule has 0 fully saturated rings. The van der Waals surface area contributed by atoms with Crippen molar-refractivity contribution in [2.75, 3.05) is 0 Å². The van der Waals surface area contributed by atoms with Gasteiger partial charge in [-0.15, -0.1) is 0 Å². The molecule has 0 atom stereocenters. The number of benzene rings is 1. The number of rotatable bonds is 0. The van der Waals surface area contributed by atoms with E-state index in [1.165, 1.54) is 0 Å². The van der Waals surface area contributed by atoms with Crippen LogP contribution >= 0.6 is 15.9 Å². The Morgan fingerprint density at radius 1 is 1.46 bits per heavy atom. The van der Waals surface area contributed by atoms with Crippen LogP contribution in [0.4, 0.5) is 0 Å². The molecule has 0 bridgehead atoms. The van der Waals surface area contributed by atoms with Crippen LogP contribution < -0.4 is 4.72 Å². The van der Waals surface area contributed by atoms with Gasteiger partial charge in [0, 0.05) is 11.0 Å². The van der Waals surface area contributed by atoms with E-state index < -0.39 is 10.0 Å². The summed E-state index contributed by atoms with van der Waals surface area (Å²) in [5.41, 5.74) is 1.85. The van der Waals surface area contributed by atoms with Gasteiger partial charge in [-0.05, 0) is 29.3 Å². The molecule has 1 N–H and O–H groups in total. The third-order valence-electron chi connectivity index (χ3n) is 1.93. The molecule has 69 valence electrons. The van der Waals surface area contributed by atoms with Gasteiger partial charge >= 0.3 is 0 Å². The van der Waals surface area contributed by atoms with Gasteiger partial charge in [0.25, 0.3) is 0 Å². The molecule has 13 heavy (non-hydrogen) atoms. The molecule has 2 rings (SSSR count). The normalized spacial score (nSPS) is 19.5. The van der Waals surface area contributed by atoms with Crippen molar-refractivity contribution < 1.29 is 8.42 Å². The Bertz CT molecular complexity index is 441. The summed E-state index contributed by atoms with van der Waals surface area (Å²) in [7, 11) is -3.10. The molecule has 0 spiro atoms. The molecule has 0 amide bonds. The summed E-state index contributed by atoms with van der Waals surface area (Å²) in [6.07, 6.45) is 0. The van der Waals surface area contributed by atoms with Crippen molar-refractivity contribution in [3.8, 4) is 0 Å². The number of nitrogens with one attached hydrogen (secondary N) is 1. The van der Waals surface area contributed by atoms with Crippen LogP contribution in [-0.2, 0) is 22.3 Å². The van der Waals surface area contributed by atoms with E-state index >= 15 is 0 Å². The van der Waals surface area contributed by atoms with Gasteiger partial charge in [-0.3, -0.25) is 0 Å². The quantitative estimate of drug-likeness (QED) is 0.762. The maximum Gasteiger partial charge on any atom is 0.216 e. The molecule has 1 aromatic rings. The molecule has 0 aromatic heterocycles. The van der Waals surface area contributed by atoms with E-state index in [0.717, 1.165) is 15.6 Å². The fraction of sp³-hybridized carbons (Fsp3) is 0.250. The van der Waals surface area contributed by atoms with Gasteiger partial charge in [0.15, 0.2) is 0 Å². The highest BCUT2D eigenvalue weighted by atomic mass is 79.9. The summed E-state index contributed by atoms with van der Waals surface area (Å²) in [5.74, 6) is 0.0651. The Hall–Kier alpha value is -0.390. The second kappa shape index (κ2) is 3.08. The first-order valence-corrected chi connectivity index (χ1v) is 6.18. The molecular formula is C8H7BrNO2S. The van der Waals surface area contributed by atoms with Gasteiger partial charge in [0.2, 0.25) is 10.0 Å². The highest BCUT2D eigenvalue weighted by Crippen LogP contribution is 2.21. The van der Waals surface area contributed by atoms with Crippen molar-refractivity contribution in [2.45, 2.75) is 12.3 Å². The lowest BCUT2D eigenvalue weighted by molar-refractivity contribution is 0.575. The zero-order valence-electron chi connectivity index (χ0n) is 6.67. The molecule has 3 nitrogen and oxygen atoms in total. The van der Waals surface area contributed by atoms with Crippen LogP contribution in [0.25, 0.3) is 0 Å². The van der Waals surface area contributed by atoms with Gasteiger partial charge < -0.3 is 0 Å². The minimum absolute atomic E-state index is 0.0651. The first kappa shape index (κ1) is 9.18. The minimum Gasteiger partial charge on any atom is -0.212 e. The van der Waals surface area contributed by atoms with Gasteiger partial charge in [0.05, 0.1) is 5.75 Å². The second-order valence-corrected chi connectivity index (χ2v) is 5.57. The molecule has 1 aromatic carbocycles. The van der Waals surface area contributed by atoms with Crippen molar-refractivity contribution in [1.29, 1.82) is 0 Å². The molecule has 5 heteroatoms. The van der Waals surface area contributed by atoms with E-state index in [1.54, 1.807) is 12.1 Å². The standard InChI is InChI=1S/C8H7BrNO2S/c9-8-2-1-6-4-10-13(11,12)5-7(6)3-8/h1,3,10H,4-5H2. The van der Waals surface area contributed by atoms with Crippen LogP contribution in [0.1, 0.15) is 11.1 Å². The molecule has 0 aliphatic carbocycles. The summed E-state index contributed by atoms with van der Waals surface area (Å²) in [6, 6.07) is 6.57. The van der Waals surface area contributed by atoms with Crippen molar-refractivity contribution in [2.24, 2.45) is 0 Å². The monoisotopic (exact) mass is 260 g/mol. The Kier molecular flexibility index (Phi) is 2.17. The van der Waals surface area contributed by atoms with Gasteiger partial charge in [-0.1, -0.05) is 15.9 Å². The summed E-state index contributed by atoms with van der Waals surface area (Å²) < 4.78 is 25.6. The number of hydrogen-bond acceptors (Lipinski definition) is 2. The average Bonchev–Trinajstić information content (AvgIpc) is 2.01. The number of fused-ring (bicyclic) bond motifs is 1. The fourth-order valence-electron chi connectivity index (χ4n) is 1.28. The SMILES string of the molecule is O=S1(=O)Cc2cc(Br)[c]cc2CN1.